The molecule has 0 atom stereocenters. The Kier molecular flexibility index (Phi) is 13.3. The van der Waals surface area contributed by atoms with Crippen molar-refractivity contribution in [2.45, 2.75) is 97.4 Å². The van der Waals surface area contributed by atoms with Crippen molar-refractivity contribution in [3.05, 3.63) is 35.9 Å². The minimum atomic E-state index is 1.07. The highest BCUT2D eigenvalue weighted by Crippen LogP contribution is 2.15. The quantitative estimate of drug-likeness (QED) is 0.285. The molecule has 0 aliphatic carbocycles. The molecule has 1 fully saturated rings. The highest BCUT2D eigenvalue weighted by Gasteiger charge is 2.22. The van der Waals surface area contributed by atoms with Crippen molar-refractivity contribution < 1.29 is 0 Å². The summed E-state index contributed by atoms with van der Waals surface area (Å²) in [6.07, 6.45) is 16.7. The van der Waals surface area contributed by atoms with Gasteiger partial charge in [0.1, 0.15) is 0 Å². The first-order valence-corrected chi connectivity index (χ1v) is 12.5. The summed E-state index contributed by atoms with van der Waals surface area (Å²) in [7, 11) is 0. The standard InChI is InChI=1S/C26H47N3/c1-3-5-7-9-11-16-20-27-23-28(21-17-12-10-8-6-4-2)25-29(24-27)22-26-18-14-13-15-19-26/h13-15,18-19H,3-12,16-17,20-25H2,1-2H3. The molecule has 29 heavy (non-hydrogen) atoms. The van der Waals surface area contributed by atoms with E-state index in [4.69, 9.17) is 0 Å². The molecule has 0 saturated carbocycles. The third kappa shape index (κ3) is 11.2. The molecule has 1 aromatic rings. The molecule has 2 rings (SSSR count). The SMILES string of the molecule is CCCCCCCCN1CN(CCCCCCCC)CN(Cc2ccccc2)C1. The van der Waals surface area contributed by atoms with Crippen LogP contribution < -0.4 is 0 Å². The van der Waals surface area contributed by atoms with Crippen molar-refractivity contribution >= 4 is 0 Å². The van der Waals surface area contributed by atoms with Gasteiger partial charge >= 0.3 is 0 Å². The summed E-state index contributed by atoms with van der Waals surface area (Å²) >= 11 is 0. The van der Waals surface area contributed by atoms with Crippen molar-refractivity contribution in [3.63, 3.8) is 0 Å². The van der Waals surface area contributed by atoms with Gasteiger partial charge in [0.15, 0.2) is 0 Å². The van der Waals surface area contributed by atoms with Gasteiger partial charge in [0.25, 0.3) is 0 Å². The molecule has 1 heterocycles. The normalized spacial score (nSPS) is 16.5. The van der Waals surface area contributed by atoms with Crippen LogP contribution in [0.15, 0.2) is 30.3 Å². The summed E-state index contributed by atoms with van der Waals surface area (Å²) < 4.78 is 0. The van der Waals surface area contributed by atoms with Crippen LogP contribution in [0.5, 0.6) is 0 Å². The lowest BCUT2D eigenvalue weighted by Gasteiger charge is -2.42. The number of hydrogen-bond acceptors (Lipinski definition) is 3. The van der Waals surface area contributed by atoms with E-state index in [1.807, 2.05) is 0 Å². The number of nitrogens with zero attached hydrogens (tertiary/aromatic N) is 3. The van der Waals surface area contributed by atoms with Crippen LogP contribution in [0.3, 0.4) is 0 Å². The van der Waals surface area contributed by atoms with Gasteiger partial charge in [-0.15, -0.1) is 0 Å². The molecular formula is C26H47N3. The van der Waals surface area contributed by atoms with E-state index in [0.29, 0.717) is 0 Å². The Balaban J connectivity index is 1.75. The summed E-state index contributed by atoms with van der Waals surface area (Å²) in [5.41, 5.74) is 1.44. The fourth-order valence-corrected chi connectivity index (χ4v) is 4.44. The van der Waals surface area contributed by atoms with Gasteiger partial charge in [-0.1, -0.05) is 108 Å². The van der Waals surface area contributed by atoms with Crippen molar-refractivity contribution in [2.24, 2.45) is 0 Å². The van der Waals surface area contributed by atoms with Gasteiger partial charge in [-0.25, -0.2) is 0 Å². The van der Waals surface area contributed by atoms with E-state index in [2.05, 4.69) is 58.9 Å². The van der Waals surface area contributed by atoms with Gasteiger partial charge in [-0.2, -0.15) is 0 Å². The summed E-state index contributed by atoms with van der Waals surface area (Å²) in [5, 5.41) is 0. The maximum atomic E-state index is 2.68. The van der Waals surface area contributed by atoms with Gasteiger partial charge in [-0.05, 0) is 18.4 Å². The van der Waals surface area contributed by atoms with Crippen molar-refractivity contribution in [2.75, 3.05) is 33.1 Å². The molecule has 0 unspecified atom stereocenters. The first-order chi connectivity index (χ1) is 14.3. The van der Waals surface area contributed by atoms with E-state index in [1.54, 1.807) is 0 Å². The molecule has 3 nitrogen and oxygen atoms in total. The van der Waals surface area contributed by atoms with Gasteiger partial charge < -0.3 is 0 Å². The Morgan fingerprint density at radius 2 is 1.00 bits per heavy atom. The second kappa shape index (κ2) is 15.9. The van der Waals surface area contributed by atoms with E-state index in [9.17, 15) is 0 Å². The minimum absolute atomic E-state index is 1.07. The lowest BCUT2D eigenvalue weighted by Crippen LogP contribution is -2.54. The zero-order valence-corrected chi connectivity index (χ0v) is 19.5. The molecule has 3 heteroatoms. The van der Waals surface area contributed by atoms with Gasteiger partial charge in [-0.3, -0.25) is 14.7 Å². The maximum absolute atomic E-state index is 2.68. The van der Waals surface area contributed by atoms with Crippen LogP contribution >= 0.6 is 0 Å². The molecule has 0 spiro atoms. The average Bonchev–Trinajstić information content (AvgIpc) is 2.74. The van der Waals surface area contributed by atoms with Crippen molar-refractivity contribution in [3.8, 4) is 0 Å². The molecule has 0 radical (unpaired) electrons. The Labute approximate surface area is 181 Å². The Bertz CT molecular complexity index is 466. The number of hydrogen-bond donors (Lipinski definition) is 0. The highest BCUT2D eigenvalue weighted by atomic mass is 15.5. The lowest BCUT2D eigenvalue weighted by atomic mass is 10.1. The lowest BCUT2D eigenvalue weighted by molar-refractivity contribution is -0.0348. The number of rotatable bonds is 16. The summed E-state index contributed by atoms with van der Waals surface area (Å²) in [5.74, 6) is 0. The zero-order valence-electron chi connectivity index (χ0n) is 19.5. The molecule has 166 valence electrons. The monoisotopic (exact) mass is 401 g/mol. The molecule has 1 aliphatic rings. The maximum Gasteiger partial charge on any atom is 0.0533 e. The van der Waals surface area contributed by atoms with Crippen LogP contribution in [0.2, 0.25) is 0 Å². The Morgan fingerprint density at radius 1 is 0.552 bits per heavy atom. The summed E-state index contributed by atoms with van der Waals surface area (Å²) in [4.78, 5) is 8.00. The van der Waals surface area contributed by atoms with Crippen LogP contribution in [0.4, 0.5) is 0 Å². The van der Waals surface area contributed by atoms with Crippen LogP contribution in [0.25, 0.3) is 0 Å². The summed E-state index contributed by atoms with van der Waals surface area (Å²) in [6, 6.07) is 11.0. The van der Waals surface area contributed by atoms with Crippen LogP contribution in [0.1, 0.15) is 96.5 Å². The highest BCUT2D eigenvalue weighted by molar-refractivity contribution is 5.14. The van der Waals surface area contributed by atoms with Crippen LogP contribution in [-0.4, -0.2) is 47.8 Å². The smallest absolute Gasteiger partial charge is 0.0533 e. The molecule has 0 N–H and O–H groups in total. The Morgan fingerprint density at radius 3 is 1.52 bits per heavy atom. The molecular weight excluding hydrogens is 354 g/mol. The molecule has 0 amide bonds. The topological polar surface area (TPSA) is 9.72 Å². The van der Waals surface area contributed by atoms with Gasteiger partial charge in [0.2, 0.25) is 0 Å². The van der Waals surface area contributed by atoms with Gasteiger partial charge in [0.05, 0.1) is 20.0 Å². The van der Waals surface area contributed by atoms with E-state index in [0.717, 1.165) is 26.6 Å². The average molecular weight is 402 g/mol. The molecule has 1 aliphatic heterocycles. The third-order valence-corrected chi connectivity index (χ3v) is 6.10. The fraction of sp³-hybridized carbons (Fsp3) is 0.769. The third-order valence-electron chi connectivity index (χ3n) is 6.10. The molecule has 1 saturated heterocycles. The van der Waals surface area contributed by atoms with Crippen molar-refractivity contribution in [1.29, 1.82) is 0 Å². The molecule has 0 bridgehead atoms. The van der Waals surface area contributed by atoms with Crippen LogP contribution in [0, 0.1) is 0 Å². The first kappa shape index (κ1) is 24.4. The number of unbranched alkanes of at least 4 members (excludes halogenated alkanes) is 10. The van der Waals surface area contributed by atoms with E-state index in [-0.39, 0.29) is 0 Å². The molecule has 0 aromatic heterocycles. The zero-order chi connectivity index (χ0) is 20.6. The minimum Gasteiger partial charge on any atom is -0.277 e. The second-order valence-electron chi connectivity index (χ2n) is 9.06. The van der Waals surface area contributed by atoms with Crippen LogP contribution in [-0.2, 0) is 6.54 Å². The van der Waals surface area contributed by atoms with E-state index >= 15 is 0 Å². The fourth-order valence-electron chi connectivity index (χ4n) is 4.44. The summed E-state index contributed by atoms with van der Waals surface area (Å²) in [6.45, 7) is 11.6. The predicted molar refractivity (Wildman–Crippen MR) is 127 cm³/mol. The Hall–Kier alpha value is -0.900. The number of benzene rings is 1. The largest absolute Gasteiger partial charge is 0.277 e. The van der Waals surface area contributed by atoms with Crippen molar-refractivity contribution in [1.82, 2.24) is 14.7 Å². The van der Waals surface area contributed by atoms with E-state index in [1.165, 1.54) is 95.7 Å². The van der Waals surface area contributed by atoms with Gasteiger partial charge in [0, 0.05) is 19.6 Å². The van der Waals surface area contributed by atoms with E-state index < -0.39 is 0 Å². The second-order valence-corrected chi connectivity index (χ2v) is 9.06. The predicted octanol–water partition coefficient (Wildman–Crippen LogP) is 6.70. The molecule has 1 aromatic carbocycles. The first-order valence-electron chi connectivity index (χ1n) is 12.5.